The third-order valence-electron chi connectivity index (χ3n) is 8.86. The number of nitrogens with zero attached hydrogens (tertiary/aromatic N) is 1. The number of H-pyrrole nitrogens is 1. The van der Waals surface area contributed by atoms with Gasteiger partial charge in [0.05, 0.1) is 5.52 Å². The average Bonchev–Trinajstić information content (AvgIpc) is 3.32. The molecule has 6 heteroatoms. The van der Waals surface area contributed by atoms with E-state index in [2.05, 4.69) is 44.1 Å². The molecule has 168 valence electrons. The molecule has 2 aromatic rings. The highest BCUT2D eigenvalue weighted by atomic mass is 16.3. The number of rotatable bonds is 2. The Bertz CT molecular complexity index is 1230. The summed E-state index contributed by atoms with van der Waals surface area (Å²) < 4.78 is 0. The van der Waals surface area contributed by atoms with Crippen molar-refractivity contribution >= 4 is 22.7 Å². The molecule has 32 heavy (non-hydrogen) atoms. The Balaban J connectivity index is 1.57. The highest BCUT2D eigenvalue weighted by molar-refractivity contribution is 6.06. The molecule has 2 bridgehead atoms. The molecule has 4 aliphatic heterocycles. The molecule has 3 atom stereocenters. The summed E-state index contributed by atoms with van der Waals surface area (Å²) >= 11 is 0. The van der Waals surface area contributed by atoms with Gasteiger partial charge in [0.1, 0.15) is 16.8 Å². The van der Waals surface area contributed by atoms with Gasteiger partial charge >= 0.3 is 0 Å². The first kappa shape index (κ1) is 19.9. The Labute approximate surface area is 188 Å². The number of hydrogen-bond acceptors (Lipinski definition) is 3. The number of piperidine rings is 2. The molecule has 4 fully saturated rings. The van der Waals surface area contributed by atoms with Crippen molar-refractivity contribution in [1.29, 1.82) is 0 Å². The van der Waals surface area contributed by atoms with Crippen molar-refractivity contribution in [3.8, 4) is 5.75 Å². The summed E-state index contributed by atoms with van der Waals surface area (Å²) in [7, 11) is 0. The Kier molecular flexibility index (Phi) is 3.71. The van der Waals surface area contributed by atoms with Crippen molar-refractivity contribution in [3.63, 3.8) is 0 Å². The number of allylic oxidation sites excluding steroid dienone is 2. The van der Waals surface area contributed by atoms with E-state index in [0.29, 0.717) is 19.4 Å². The van der Waals surface area contributed by atoms with Crippen LogP contribution in [-0.4, -0.2) is 44.4 Å². The predicted octanol–water partition coefficient (Wildman–Crippen LogP) is 3.47. The molecule has 5 aliphatic rings. The predicted molar refractivity (Wildman–Crippen MR) is 122 cm³/mol. The van der Waals surface area contributed by atoms with E-state index in [1.54, 1.807) is 6.07 Å². The third-order valence-corrected chi connectivity index (χ3v) is 8.86. The fraction of sp³-hybridized carbons (Fsp3) is 0.538. The van der Waals surface area contributed by atoms with E-state index in [9.17, 15) is 14.7 Å². The van der Waals surface area contributed by atoms with Crippen LogP contribution in [0.25, 0.3) is 10.9 Å². The minimum Gasteiger partial charge on any atom is -0.508 e. The summed E-state index contributed by atoms with van der Waals surface area (Å²) in [5, 5.41) is 14.9. The third kappa shape index (κ3) is 2.16. The lowest BCUT2D eigenvalue weighted by molar-refractivity contribution is -0.179. The maximum atomic E-state index is 13.9. The number of phenolic OH excluding ortho intramolecular Hbond substituents is 1. The average molecular weight is 434 g/mol. The zero-order valence-corrected chi connectivity index (χ0v) is 19.3. The van der Waals surface area contributed by atoms with Crippen LogP contribution in [-0.2, 0) is 27.8 Å². The smallest absolute Gasteiger partial charge is 0.249 e. The van der Waals surface area contributed by atoms with Gasteiger partial charge in [-0.1, -0.05) is 25.5 Å². The number of carbonyl (C=O) groups excluding carboxylic acids is 2. The van der Waals surface area contributed by atoms with Crippen LogP contribution in [0.3, 0.4) is 0 Å². The van der Waals surface area contributed by atoms with Crippen LogP contribution in [0.2, 0.25) is 0 Å². The number of amides is 2. The summed E-state index contributed by atoms with van der Waals surface area (Å²) in [6.45, 7) is 9.21. The maximum Gasteiger partial charge on any atom is 0.249 e. The first-order chi connectivity index (χ1) is 15.1. The summed E-state index contributed by atoms with van der Waals surface area (Å²) in [6.07, 6.45) is 5.64. The molecule has 5 heterocycles. The first-order valence-electron chi connectivity index (χ1n) is 11.8. The monoisotopic (exact) mass is 433 g/mol. The number of aromatic hydroxyl groups is 1. The van der Waals surface area contributed by atoms with Gasteiger partial charge in [-0.2, -0.15) is 0 Å². The summed E-state index contributed by atoms with van der Waals surface area (Å²) in [6, 6.07) is 3.71. The number of carbonyl (C=O) groups is 2. The van der Waals surface area contributed by atoms with E-state index in [1.807, 2.05) is 11.0 Å². The lowest BCUT2D eigenvalue weighted by Crippen LogP contribution is -2.84. The molecule has 6 nitrogen and oxygen atoms in total. The van der Waals surface area contributed by atoms with Crippen molar-refractivity contribution < 1.29 is 14.7 Å². The quantitative estimate of drug-likeness (QED) is 0.634. The fourth-order valence-corrected chi connectivity index (χ4v) is 7.26. The van der Waals surface area contributed by atoms with E-state index in [1.165, 1.54) is 5.57 Å². The minimum atomic E-state index is -0.882. The second-order valence-electron chi connectivity index (χ2n) is 11.1. The molecule has 7 rings (SSSR count). The number of hydrogen-bond donors (Lipinski definition) is 3. The summed E-state index contributed by atoms with van der Waals surface area (Å²) in [5.74, 6) is 0.450. The SMILES string of the molecule is CC(C)=CCc1c(O)ccc2c3c([nH]c12)C(C)(C)[C@@H]1C[C@@]24CCCN2C(=O)[C@]1(C3)NC4=O. The number of fused-ring (bicyclic) bond motifs is 4. The highest BCUT2D eigenvalue weighted by Crippen LogP contribution is 2.59. The molecule has 0 unspecified atom stereocenters. The lowest BCUT2D eigenvalue weighted by atomic mass is 9.51. The first-order valence-corrected chi connectivity index (χ1v) is 11.8. The van der Waals surface area contributed by atoms with Crippen LogP contribution in [0.1, 0.15) is 63.8 Å². The molecular formula is C26H31N3O3. The Morgan fingerprint density at radius 3 is 2.81 bits per heavy atom. The van der Waals surface area contributed by atoms with Crippen LogP contribution < -0.4 is 5.32 Å². The number of benzene rings is 1. The Morgan fingerprint density at radius 1 is 1.28 bits per heavy atom. The molecular weight excluding hydrogens is 402 g/mol. The van der Waals surface area contributed by atoms with Crippen LogP contribution in [0.4, 0.5) is 0 Å². The topological polar surface area (TPSA) is 85.4 Å². The van der Waals surface area contributed by atoms with Gasteiger partial charge in [0, 0.05) is 40.9 Å². The lowest BCUT2D eigenvalue weighted by Gasteiger charge is -2.64. The number of aromatic nitrogens is 1. The van der Waals surface area contributed by atoms with Crippen LogP contribution in [0.15, 0.2) is 23.8 Å². The van der Waals surface area contributed by atoms with Gasteiger partial charge in [0.15, 0.2) is 0 Å². The van der Waals surface area contributed by atoms with Gasteiger partial charge in [0.2, 0.25) is 11.8 Å². The Morgan fingerprint density at radius 2 is 2.06 bits per heavy atom. The number of phenols is 1. The van der Waals surface area contributed by atoms with E-state index in [4.69, 9.17) is 0 Å². The van der Waals surface area contributed by atoms with Gasteiger partial charge in [-0.3, -0.25) is 9.59 Å². The molecule has 3 N–H and O–H groups in total. The normalized spacial score (nSPS) is 31.9. The Hall–Kier alpha value is -2.76. The second-order valence-corrected chi connectivity index (χ2v) is 11.1. The van der Waals surface area contributed by atoms with Crippen LogP contribution in [0.5, 0.6) is 5.75 Å². The molecule has 0 saturated carbocycles. The fourth-order valence-electron chi connectivity index (χ4n) is 7.26. The molecule has 1 aromatic heterocycles. The van der Waals surface area contributed by atoms with Crippen molar-refractivity contribution in [1.82, 2.24) is 15.2 Å². The van der Waals surface area contributed by atoms with Crippen LogP contribution >= 0.6 is 0 Å². The zero-order valence-electron chi connectivity index (χ0n) is 19.3. The van der Waals surface area contributed by atoms with Gasteiger partial charge in [0.25, 0.3) is 0 Å². The largest absolute Gasteiger partial charge is 0.508 e. The van der Waals surface area contributed by atoms with Crippen molar-refractivity contribution in [3.05, 3.63) is 40.6 Å². The summed E-state index contributed by atoms with van der Waals surface area (Å²) in [4.78, 5) is 32.7. The van der Waals surface area contributed by atoms with E-state index < -0.39 is 11.1 Å². The molecule has 1 aromatic carbocycles. The maximum absolute atomic E-state index is 13.9. The molecule has 2 spiro atoms. The van der Waals surface area contributed by atoms with Gasteiger partial charge in [-0.25, -0.2) is 0 Å². The standard InChI is InChI=1S/C26H31N3O3/c1-14(2)6-7-16-18(30)9-8-15-17-12-26-19(24(3,4)21(17)27-20(15)16)13-25(22(31)28-26)10-5-11-29(25)23(26)32/h6,8-9,19,27,30H,5,7,10-13H2,1-4H3,(H,28,31)/t19-,25+,26+/m0/s1. The number of nitrogens with one attached hydrogen (secondary N) is 2. The van der Waals surface area contributed by atoms with Gasteiger partial charge in [-0.15, -0.1) is 0 Å². The number of piperazine rings is 1. The summed E-state index contributed by atoms with van der Waals surface area (Å²) in [5.41, 5.74) is 3.40. The van der Waals surface area contributed by atoms with Crippen LogP contribution in [0, 0.1) is 5.92 Å². The van der Waals surface area contributed by atoms with Crippen molar-refractivity contribution in [2.75, 3.05) is 6.54 Å². The molecule has 4 saturated heterocycles. The zero-order chi connectivity index (χ0) is 22.6. The number of aromatic amines is 1. The molecule has 2 amide bonds. The molecule has 1 aliphatic carbocycles. The van der Waals surface area contributed by atoms with Crippen molar-refractivity contribution in [2.45, 2.75) is 76.3 Å². The second kappa shape index (κ2) is 5.97. The van der Waals surface area contributed by atoms with E-state index in [0.717, 1.165) is 47.0 Å². The minimum absolute atomic E-state index is 0.0324. The van der Waals surface area contributed by atoms with E-state index in [-0.39, 0.29) is 28.9 Å². The molecule has 0 radical (unpaired) electrons. The van der Waals surface area contributed by atoms with Gasteiger partial charge in [-0.05, 0) is 57.2 Å². The van der Waals surface area contributed by atoms with Crippen molar-refractivity contribution in [2.24, 2.45) is 5.92 Å². The highest BCUT2D eigenvalue weighted by Gasteiger charge is 2.72. The van der Waals surface area contributed by atoms with Gasteiger partial charge < -0.3 is 20.3 Å². The van der Waals surface area contributed by atoms with E-state index >= 15 is 0 Å².